The molecule has 118 valence electrons. The summed E-state index contributed by atoms with van der Waals surface area (Å²) in [7, 11) is 1.63. The number of para-hydroxylation sites is 2. The van der Waals surface area contributed by atoms with E-state index in [4.69, 9.17) is 10.5 Å². The average molecular weight is 322 g/mol. The zero-order valence-corrected chi connectivity index (χ0v) is 13.2. The van der Waals surface area contributed by atoms with Gasteiger partial charge in [-0.15, -0.1) is 0 Å². The van der Waals surface area contributed by atoms with E-state index in [-0.39, 0.29) is 0 Å². The Bertz CT molecular complexity index is 686. The molecule has 22 heavy (non-hydrogen) atoms. The molecule has 1 heterocycles. The molecule has 3 amide bonds. The maximum Gasteiger partial charge on any atom is 0.318 e. The third-order valence-electron chi connectivity index (χ3n) is 3.04. The molecule has 0 aliphatic carbocycles. The van der Waals surface area contributed by atoms with Crippen LogP contribution in [0.15, 0.2) is 29.4 Å². The van der Waals surface area contributed by atoms with Gasteiger partial charge in [-0.1, -0.05) is 23.9 Å². The number of carbonyl (C=O) groups excluding carboxylic acids is 2. The minimum Gasteiger partial charge on any atom is -0.383 e. The molecule has 2 aromatic rings. The summed E-state index contributed by atoms with van der Waals surface area (Å²) < 4.78 is 7.12. The van der Waals surface area contributed by atoms with Crippen LogP contribution in [0.2, 0.25) is 0 Å². The molecule has 1 aromatic carbocycles. The molecule has 0 aliphatic heterocycles. The minimum absolute atomic E-state index is 0.442. The maximum atomic E-state index is 11.8. The van der Waals surface area contributed by atoms with E-state index in [1.54, 1.807) is 14.0 Å². The normalized spacial score (nSPS) is 12.3. The quantitative estimate of drug-likeness (QED) is 0.782. The van der Waals surface area contributed by atoms with E-state index in [0.717, 1.165) is 11.0 Å². The number of nitrogens with zero attached hydrogens (tertiary/aromatic N) is 2. The number of imide groups is 1. The summed E-state index contributed by atoms with van der Waals surface area (Å²) in [6.07, 6.45) is 0. The number of rotatable bonds is 6. The van der Waals surface area contributed by atoms with Gasteiger partial charge in [-0.2, -0.15) is 0 Å². The van der Waals surface area contributed by atoms with Crippen molar-refractivity contribution in [2.75, 3.05) is 13.7 Å². The lowest BCUT2D eigenvalue weighted by Crippen LogP contribution is -2.39. The number of ether oxygens (including phenoxy) is 1. The highest BCUT2D eigenvalue weighted by Crippen LogP contribution is 2.27. The Labute approximate surface area is 132 Å². The molecule has 0 spiro atoms. The van der Waals surface area contributed by atoms with Gasteiger partial charge in [0.05, 0.1) is 22.9 Å². The number of carbonyl (C=O) groups is 2. The number of aromatic nitrogens is 2. The fourth-order valence-corrected chi connectivity index (χ4v) is 2.93. The van der Waals surface area contributed by atoms with Gasteiger partial charge in [0.15, 0.2) is 5.16 Å². The predicted octanol–water partition coefficient (Wildman–Crippen LogP) is 1.36. The third-order valence-corrected chi connectivity index (χ3v) is 4.13. The Morgan fingerprint density at radius 2 is 2.18 bits per heavy atom. The molecule has 0 fully saturated rings. The van der Waals surface area contributed by atoms with Crippen molar-refractivity contribution in [2.45, 2.75) is 23.9 Å². The summed E-state index contributed by atoms with van der Waals surface area (Å²) in [6.45, 7) is 2.86. The van der Waals surface area contributed by atoms with Crippen LogP contribution in [0.4, 0.5) is 4.79 Å². The molecule has 2 rings (SSSR count). The monoisotopic (exact) mass is 322 g/mol. The van der Waals surface area contributed by atoms with Gasteiger partial charge in [0.25, 0.3) is 0 Å². The van der Waals surface area contributed by atoms with E-state index < -0.39 is 17.2 Å². The van der Waals surface area contributed by atoms with Gasteiger partial charge in [-0.05, 0) is 19.1 Å². The highest BCUT2D eigenvalue weighted by Gasteiger charge is 2.20. The fraction of sp³-hybridized carbons (Fsp3) is 0.357. The number of imidazole rings is 1. The van der Waals surface area contributed by atoms with Crippen molar-refractivity contribution < 1.29 is 14.3 Å². The molecule has 1 aromatic heterocycles. The number of amides is 3. The average Bonchev–Trinajstić information content (AvgIpc) is 2.81. The standard InChI is InChI=1S/C14H18N4O3S/c1-9(12(19)17-13(15)20)22-14-16-10-5-3-4-6-11(10)18(14)7-8-21-2/h3-6,9H,7-8H2,1-2H3,(H3,15,17,19,20). The Morgan fingerprint density at radius 3 is 2.86 bits per heavy atom. The summed E-state index contributed by atoms with van der Waals surface area (Å²) in [5, 5.41) is 2.28. The molecule has 1 unspecified atom stereocenters. The second-order valence-corrected chi connectivity index (χ2v) is 5.95. The molecule has 0 saturated carbocycles. The molecule has 3 N–H and O–H groups in total. The second-order valence-electron chi connectivity index (χ2n) is 4.64. The number of benzene rings is 1. The van der Waals surface area contributed by atoms with Crippen LogP contribution in [0.25, 0.3) is 11.0 Å². The Hall–Kier alpha value is -2.06. The van der Waals surface area contributed by atoms with Gasteiger partial charge < -0.3 is 15.0 Å². The summed E-state index contributed by atoms with van der Waals surface area (Å²) in [5.74, 6) is -0.442. The number of hydrogen-bond acceptors (Lipinski definition) is 5. The number of nitrogens with two attached hydrogens (primary N) is 1. The smallest absolute Gasteiger partial charge is 0.318 e. The largest absolute Gasteiger partial charge is 0.383 e. The first kappa shape index (κ1) is 16.3. The number of primary amides is 1. The number of nitrogens with one attached hydrogen (secondary N) is 1. The van der Waals surface area contributed by atoms with Crippen LogP contribution in [0, 0.1) is 0 Å². The molecule has 0 radical (unpaired) electrons. The second kappa shape index (κ2) is 7.28. The predicted molar refractivity (Wildman–Crippen MR) is 84.7 cm³/mol. The van der Waals surface area contributed by atoms with E-state index >= 15 is 0 Å². The van der Waals surface area contributed by atoms with Crippen LogP contribution in [-0.4, -0.2) is 40.5 Å². The van der Waals surface area contributed by atoms with Gasteiger partial charge in [0.2, 0.25) is 5.91 Å². The van der Waals surface area contributed by atoms with Crippen LogP contribution in [0.5, 0.6) is 0 Å². The highest BCUT2D eigenvalue weighted by molar-refractivity contribution is 8.00. The van der Waals surface area contributed by atoms with Crippen molar-refractivity contribution >= 4 is 34.7 Å². The van der Waals surface area contributed by atoms with Crippen LogP contribution >= 0.6 is 11.8 Å². The van der Waals surface area contributed by atoms with E-state index in [1.807, 2.05) is 28.8 Å². The van der Waals surface area contributed by atoms with Gasteiger partial charge >= 0.3 is 6.03 Å². The molecule has 0 aliphatic rings. The van der Waals surface area contributed by atoms with Gasteiger partial charge in [0.1, 0.15) is 0 Å². The number of urea groups is 1. The van der Waals surface area contributed by atoms with Crippen LogP contribution in [0.1, 0.15) is 6.92 Å². The van der Waals surface area contributed by atoms with E-state index in [0.29, 0.717) is 18.3 Å². The molecular formula is C14H18N4O3S. The number of methoxy groups -OCH3 is 1. The first-order valence-electron chi connectivity index (χ1n) is 6.74. The first-order chi connectivity index (χ1) is 10.5. The molecule has 0 saturated heterocycles. The summed E-state index contributed by atoms with van der Waals surface area (Å²) in [6, 6.07) is 6.87. The Kier molecular flexibility index (Phi) is 5.40. The zero-order valence-electron chi connectivity index (χ0n) is 12.4. The minimum atomic E-state index is -0.856. The van der Waals surface area contributed by atoms with Gasteiger partial charge in [-0.3, -0.25) is 10.1 Å². The fourth-order valence-electron chi connectivity index (χ4n) is 1.98. The van der Waals surface area contributed by atoms with Crippen LogP contribution in [0.3, 0.4) is 0 Å². The third kappa shape index (κ3) is 3.77. The van der Waals surface area contributed by atoms with Gasteiger partial charge in [-0.25, -0.2) is 9.78 Å². The molecule has 0 bridgehead atoms. The Balaban J connectivity index is 2.25. The summed E-state index contributed by atoms with van der Waals surface area (Å²) >= 11 is 1.27. The Morgan fingerprint density at radius 1 is 1.45 bits per heavy atom. The van der Waals surface area contributed by atoms with Crippen molar-refractivity contribution in [1.29, 1.82) is 0 Å². The summed E-state index contributed by atoms with van der Waals surface area (Å²) in [4.78, 5) is 27.1. The molecule has 7 nitrogen and oxygen atoms in total. The van der Waals surface area contributed by atoms with Crippen LogP contribution in [-0.2, 0) is 16.1 Å². The van der Waals surface area contributed by atoms with E-state index in [9.17, 15) is 9.59 Å². The summed E-state index contributed by atoms with van der Waals surface area (Å²) in [5.41, 5.74) is 6.79. The molecule has 1 atom stereocenters. The van der Waals surface area contributed by atoms with Crippen molar-refractivity contribution in [3.05, 3.63) is 24.3 Å². The van der Waals surface area contributed by atoms with Crippen LogP contribution < -0.4 is 11.1 Å². The maximum absolute atomic E-state index is 11.8. The lowest BCUT2D eigenvalue weighted by atomic mass is 10.3. The van der Waals surface area contributed by atoms with Crippen molar-refractivity contribution in [1.82, 2.24) is 14.9 Å². The van der Waals surface area contributed by atoms with E-state index in [1.165, 1.54) is 11.8 Å². The lowest BCUT2D eigenvalue weighted by Gasteiger charge is -2.12. The first-order valence-corrected chi connectivity index (χ1v) is 7.62. The zero-order chi connectivity index (χ0) is 16.1. The van der Waals surface area contributed by atoms with Crippen molar-refractivity contribution in [2.24, 2.45) is 5.73 Å². The van der Waals surface area contributed by atoms with Crippen molar-refractivity contribution in [3.8, 4) is 0 Å². The lowest BCUT2D eigenvalue weighted by molar-refractivity contribution is -0.119. The van der Waals surface area contributed by atoms with E-state index in [2.05, 4.69) is 10.3 Å². The molecular weight excluding hydrogens is 304 g/mol. The SMILES string of the molecule is COCCn1c(SC(C)C(=O)NC(N)=O)nc2ccccc21. The highest BCUT2D eigenvalue weighted by atomic mass is 32.2. The molecule has 8 heteroatoms. The number of fused-ring (bicyclic) bond motifs is 1. The van der Waals surface area contributed by atoms with Crippen molar-refractivity contribution in [3.63, 3.8) is 0 Å². The number of thioether (sulfide) groups is 1. The topological polar surface area (TPSA) is 99.2 Å². The number of hydrogen-bond donors (Lipinski definition) is 2. The van der Waals surface area contributed by atoms with Gasteiger partial charge in [0, 0.05) is 13.7 Å².